The Kier molecular flexibility index (Phi) is 4.35. The Labute approximate surface area is 147 Å². The van der Waals surface area contributed by atoms with Gasteiger partial charge in [0.15, 0.2) is 0 Å². The van der Waals surface area contributed by atoms with Gasteiger partial charge in [0.25, 0.3) is 0 Å². The van der Waals surface area contributed by atoms with E-state index in [9.17, 15) is 9.50 Å². The molecule has 0 saturated heterocycles. The molecule has 0 spiro atoms. The molecule has 4 rings (SSSR count). The first-order valence-corrected chi connectivity index (χ1v) is 8.54. The van der Waals surface area contributed by atoms with Crippen LogP contribution in [0.4, 0.5) is 4.39 Å². The standard InChI is InChI=1S/C22H20FNO/c23-17-12-10-16(11-13-17)20-18-8-4-5-9-19(18)21(22(20)25)24-14-15-6-2-1-3-7-15/h1-13,20-22,24-25H,14H2/t20-,21-,22?/m0/s1. The van der Waals surface area contributed by atoms with E-state index in [2.05, 4.69) is 29.6 Å². The number of aliphatic hydroxyl groups is 1. The minimum atomic E-state index is -0.591. The van der Waals surface area contributed by atoms with Crippen LogP contribution in [0, 0.1) is 5.82 Å². The van der Waals surface area contributed by atoms with Crippen LogP contribution < -0.4 is 5.32 Å². The van der Waals surface area contributed by atoms with Crippen molar-refractivity contribution in [3.05, 3.63) is 107 Å². The van der Waals surface area contributed by atoms with E-state index in [-0.39, 0.29) is 17.8 Å². The van der Waals surface area contributed by atoms with Crippen LogP contribution in [0.3, 0.4) is 0 Å². The quantitative estimate of drug-likeness (QED) is 0.751. The maximum atomic E-state index is 13.3. The summed E-state index contributed by atoms with van der Waals surface area (Å²) in [4.78, 5) is 0. The van der Waals surface area contributed by atoms with Gasteiger partial charge in [-0.3, -0.25) is 0 Å². The van der Waals surface area contributed by atoms with Crippen LogP contribution in [0.2, 0.25) is 0 Å². The maximum Gasteiger partial charge on any atom is 0.123 e. The molecule has 0 amide bonds. The van der Waals surface area contributed by atoms with Gasteiger partial charge in [-0.05, 0) is 34.4 Å². The molecule has 0 aromatic heterocycles. The molecule has 0 aliphatic heterocycles. The second-order valence-electron chi connectivity index (χ2n) is 6.49. The number of hydrogen-bond acceptors (Lipinski definition) is 2. The molecule has 25 heavy (non-hydrogen) atoms. The van der Waals surface area contributed by atoms with Crippen molar-refractivity contribution in [1.82, 2.24) is 5.32 Å². The lowest BCUT2D eigenvalue weighted by atomic mass is 9.91. The smallest absolute Gasteiger partial charge is 0.123 e. The van der Waals surface area contributed by atoms with Gasteiger partial charge in [-0.1, -0.05) is 66.7 Å². The third-order valence-electron chi connectivity index (χ3n) is 4.95. The van der Waals surface area contributed by atoms with Gasteiger partial charge < -0.3 is 10.4 Å². The lowest BCUT2D eigenvalue weighted by molar-refractivity contribution is 0.125. The van der Waals surface area contributed by atoms with Crippen LogP contribution >= 0.6 is 0 Å². The molecule has 0 heterocycles. The van der Waals surface area contributed by atoms with Gasteiger partial charge in [0.1, 0.15) is 5.82 Å². The van der Waals surface area contributed by atoms with Crippen molar-refractivity contribution >= 4 is 0 Å². The monoisotopic (exact) mass is 333 g/mol. The summed E-state index contributed by atoms with van der Waals surface area (Å²) in [6.45, 7) is 0.688. The summed E-state index contributed by atoms with van der Waals surface area (Å²) in [5.74, 6) is -0.409. The van der Waals surface area contributed by atoms with E-state index >= 15 is 0 Å². The molecule has 2 nitrogen and oxygen atoms in total. The maximum absolute atomic E-state index is 13.3. The van der Waals surface area contributed by atoms with Crippen molar-refractivity contribution < 1.29 is 9.50 Å². The molecule has 3 atom stereocenters. The molecule has 1 aliphatic rings. The predicted octanol–water partition coefficient (Wildman–Crippen LogP) is 4.16. The van der Waals surface area contributed by atoms with Crippen LogP contribution in [-0.4, -0.2) is 11.2 Å². The fourth-order valence-corrected chi connectivity index (χ4v) is 3.74. The van der Waals surface area contributed by atoms with Gasteiger partial charge in [-0.15, -0.1) is 0 Å². The van der Waals surface area contributed by atoms with Crippen LogP contribution in [0.25, 0.3) is 0 Å². The van der Waals surface area contributed by atoms with Crippen molar-refractivity contribution in [2.45, 2.75) is 24.6 Å². The van der Waals surface area contributed by atoms with Crippen molar-refractivity contribution in [2.24, 2.45) is 0 Å². The minimum Gasteiger partial charge on any atom is -0.390 e. The lowest BCUT2D eigenvalue weighted by Gasteiger charge is -2.22. The van der Waals surface area contributed by atoms with Gasteiger partial charge in [0.05, 0.1) is 12.1 Å². The van der Waals surface area contributed by atoms with Crippen molar-refractivity contribution in [3.8, 4) is 0 Å². The van der Waals surface area contributed by atoms with E-state index in [0.717, 1.165) is 16.7 Å². The zero-order chi connectivity index (χ0) is 17.2. The van der Waals surface area contributed by atoms with Crippen molar-refractivity contribution in [2.75, 3.05) is 0 Å². The zero-order valence-electron chi connectivity index (χ0n) is 13.8. The average Bonchev–Trinajstić information content (AvgIpc) is 2.93. The Bertz CT molecular complexity index is 847. The van der Waals surface area contributed by atoms with Crippen molar-refractivity contribution in [3.63, 3.8) is 0 Å². The fraction of sp³-hybridized carbons (Fsp3) is 0.182. The average molecular weight is 333 g/mol. The summed E-state index contributed by atoms with van der Waals surface area (Å²) < 4.78 is 13.3. The Morgan fingerprint density at radius 1 is 0.800 bits per heavy atom. The predicted molar refractivity (Wildman–Crippen MR) is 96.7 cm³/mol. The number of benzene rings is 3. The Morgan fingerprint density at radius 3 is 2.16 bits per heavy atom. The molecule has 1 unspecified atom stereocenters. The van der Waals surface area contributed by atoms with Crippen LogP contribution in [0.15, 0.2) is 78.9 Å². The Balaban J connectivity index is 1.64. The molecule has 0 saturated carbocycles. The second-order valence-corrected chi connectivity index (χ2v) is 6.49. The van der Waals surface area contributed by atoms with E-state index in [0.29, 0.717) is 6.54 Å². The molecule has 3 aromatic rings. The third kappa shape index (κ3) is 3.09. The first-order valence-electron chi connectivity index (χ1n) is 8.54. The van der Waals surface area contributed by atoms with E-state index in [1.165, 1.54) is 17.7 Å². The van der Waals surface area contributed by atoms with Gasteiger partial charge >= 0.3 is 0 Å². The SMILES string of the molecule is OC1[C@@H](c2ccc(F)cc2)c2ccccc2[C@@H]1NCc1ccccc1. The molecular formula is C22H20FNO. The zero-order valence-corrected chi connectivity index (χ0v) is 13.8. The highest BCUT2D eigenvalue weighted by molar-refractivity contribution is 5.46. The first kappa shape index (κ1) is 16.0. The second kappa shape index (κ2) is 6.79. The number of halogens is 1. The van der Waals surface area contributed by atoms with Crippen LogP contribution in [0.5, 0.6) is 0 Å². The lowest BCUT2D eigenvalue weighted by Crippen LogP contribution is -2.30. The number of nitrogens with one attached hydrogen (secondary N) is 1. The number of aliphatic hydroxyl groups excluding tert-OH is 1. The molecule has 2 N–H and O–H groups in total. The molecule has 0 fully saturated rings. The van der Waals surface area contributed by atoms with Gasteiger partial charge in [0, 0.05) is 12.5 Å². The summed E-state index contributed by atoms with van der Waals surface area (Å²) in [6.07, 6.45) is -0.591. The highest BCUT2D eigenvalue weighted by atomic mass is 19.1. The van der Waals surface area contributed by atoms with E-state index in [1.54, 1.807) is 12.1 Å². The Hall–Kier alpha value is -2.49. The molecule has 1 aliphatic carbocycles. The summed E-state index contributed by atoms with van der Waals surface area (Å²) >= 11 is 0. The summed E-state index contributed by atoms with van der Waals surface area (Å²) in [5.41, 5.74) is 4.33. The first-order chi connectivity index (χ1) is 12.2. The summed E-state index contributed by atoms with van der Waals surface area (Å²) in [7, 11) is 0. The molecule has 0 radical (unpaired) electrons. The largest absolute Gasteiger partial charge is 0.390 e. The molecule has 0 bridgehead atoms. The highest BCUT2D eigenvalue weighted by Gasteiger charge is 2.39. The highest BCUT2D eigenvalue weighted by Crippen LogP contribution is 2.44. The van der Waals surface area contributed by atoms with Gasteiger partial charge in [-0.25, -0.2) is 4.39 Å². The van der Waals surface area contributed by atoms with Crippen molar-refractivity contribution in [1.29, 1.82) is 0 Å². The number of rotatable bonds is 4. The molecule has 3 heteroatoms. The third-order valence-corrected chi connectivity index (χ3v) is 4.95. The number of fused-ring (bicyclic) bond motifs is 1. The van der Waals surface area contributed by atoms with Crippen LogP contribution in [0.1, 0.15) is 34.2 Å². The van der Waals surface area contributed by atoms with E-state index in [1.807, 2.05) is 30.3 Å². The van der Waals surface area contributed by atoms with E-state index < -0.39 is 6.10 Å². The van der Waals surface area contributed by atoms with Gasteiger partial charge in [-0.2, -0.15) is 0 Å². The molecule has 126 valence electrons. The minimum absolute atomic E-state index is 0.147. The molecule has 3 aromatic carbocycles. The summed E-state index contributed by atoms with van der Waals surface area (Å²) in [6, 6.07) is 24.5. The molecular weight excluding hydrogens is 313 g/mol. The van der Waals surface area contributed by atoms with Gasteiger partial charge in [0.2, 0.25) is 0 Å². The topological polar surface area (TPSA) is 32.3 Å². The number of hydrogen-bond donors (Lipinski definition) is 2. The Morgan fingerprint density at radius 2 is 1.44 bits per heavy atom. The summed E-state index contributed by atoms with van der Waals surface area (Å²) in [5, 5.41) is 14.5. The fourth-order valence-electron chi connectivity index (χ4n) is 3.74. The normalized spacial score (nSPS) is 21.9. The van der Waals surface area contributed by atoms with E-state index in [4.69, 9.17) is 0 Å². The van der Waals surface area contributed by atoms with Crippen LogP contribution in [-0.2, 0) is 6.54 Å².